The Morgan fingerprint density at radius 2 is 1.50 bits per heavy atom. The highest BCUT2D eigenvalue weighted by atomic mass is 16.1. The van der Waals surface area contributed by atoms with Gasteiger partial charge in [0.1, 0.15) is 5.82 Å². The van der Waals surface area contributed by atoms with Crippen LogP contribution in [0.4, 0.5) is 0 Å². The van der Waals surface area contributed by atoms with Crippen molar-refractivity contribution in [2.45, 2.75) is 32.4 Å². The number of aromatic nitrogens is 2. The second kappa shape index (κ2) is 9.51. The van der Waals surface area contributed by atoms with Crippen LogP contribution in [0.15, 0.2) is 89.7 Å². The molecule has 4 nitrogen and oxygen atoms in total. The van der Waals surface area contributed by atoms with Crippen molar-refractivity contribution in [1.82, 2.24) is 14.9 Å². The highest BCUT2D eigenvalue weighted by molar-refractivity contribution is 5.77. The zero-order chi connectivity index (χ0) is 20.8. The summed E-state index contributed by atoms with van der Waals surface area (Å²) in [6.45, 7) is 3.48. The zero-order valence-corrected chi connectivity index (χ0v) is 17.3. The summed E-state index contributed by atoms with van der Waals surface area (Å²) in [5, 5.41) is 4.29. The Kier molecular flexibility index (Phi) is 6.35. The van der Waals surface area contributed by atoms with Gasteiger partial charge in [-0.1, -0.05) is 79.7 Å². The minimum atomic E-state index is 0.00901. The van der Waals surface area contributed by atoms with E-state index in [1.165, 1.54) is 5.56 Å². The van der Waals surface area contributed by atoms with Crippen LogP contribution in [0.2, 0.25) is 0 Å². The molecule has 0 aliphatic rings. The second-order valence-electron chi connectivity index (χ2n) is 7.51. The summed E-state index contributed by atoms with van der Waals surface area (Å²) in [7, 11) is 0. The Bertz CT molecular complexity index is 1150. The summed E-state index contributed by atoms with van der Waals surface area (Å²) >= 11 is 0. The lowest BCUT2D eigenvalue weighted by molar-refractivity contribution is 0.470. The van der Waals surface area contributed by atoms with E-state index in [0.717, 1.165) is 36.3 Å². The molecule has 30 heavy (non-hydrogen) atoms. The van der Waals surface area contributed by atoms with Crippen LogP contribution in [0.3, 0.4) is 0 Å². The van der Waals surface area contributed by atoms with Crippen molar-refractivity contribution in [3.8, 4) is 0 Å². The Hall–Kier alpha value is -3.24. The van der Waals surface area contributed by atoms with Crippen LogP contribution in [0.1, 0.15) is 36.3 Å². The molecule has 4 aromatic rings. The topological polar surface area (TPSA) is 46.9 Å². The maximum atomic E-state index is 13.4. The average Bonchev–Trinajstić information content (AvgIpc) is 2.80. The first-order valence-corrected chi connectivity index (χ1v) is 10.6. The molecular formula is C26H27N3O. The van der Waals surface area contributed by atoms with E-state index in [1.807, 2.05) is 53.1 Å². The molecule has 1 aromatic heterocycles. The fourth-order valence-corrected chi connectivity index (χ4v) is 3.82. The summed E-state index contributed by atoms with van der Waals surface area (Å²) < 4.78 is 1.83. The van der Waals surface area contributed by atoms with Gasteiger partial charge in [0, 0.05) is 0 Å². The van der Waals surface area contributed by atoms with Crippen LogP contribution in [0.25, 0.3) is 10.9 Å². The van der Waals surface area contributed by atoms with Crippen molar-refractivity contribution in [2.75, 3.05) is 6.54 Å². The zero-order valence-electron chi connectivity index (χ0n) is 17.3. The molecule has 1 unspecified atom stereocenters. The third kappa shape index (κ3) is 4.50. The van der Waals surface area contributed by atoms with E-state index >= 15 is 0 Å². The molecular weight excluding hydrogens is 370 g/mol. The van der Waals surface area contributed by atoms with Crippen LogP contribution in [-0.2, 0) is 13.0 Å². The predicted octanol–water partition coefficient (Wildman–Crippen LogP) is 4.73. The molecule has 0 radical (unpaired) electrons. The van der Waals surface area contributed by atoms with Crippen molar-refractivity contribution >= 4 is 10.9 Å². The van der Waals surface area contributed by atoms with Crippen molar-refractivity contribution in [3.63, 3.8) is 0 Å². The largest absolute Gasteiger partial charge is 0.307 e. The highest BCUT2D eigenvalue weighted by Gasteiger charge is 2.18. The van der Waals surface area contributed by atoms with E-state index in [1.54, 1.807) is 0 Å². The molecule has 0 aliphatic carbocycles. The Labute approximate surface area is 177 Å². The summed E-state index contributed by atoms with van der Waals surface area (Å²) in [5.74, 6) is 0.804. The maximum absolute atomic E-state index is 13.4. The van der Waals surface area contributed by atoms with E-state index in [0.29, 0.717) is 11.9 Å². The van der Waals surface area contributed by atoms with Crippen molar-refractivity contribution < 1.29 is 0 Å². The molecule has 0 fully saturated rings. The normalized spacial score (nSPS) is 12.2. The third-order valence-electron chi connectivity index (χ3n) is 5.44. The fraction of sp³-hybridized carbons (Fsp3) is 0.231. The first-order valence-electron chi connectivity index (χ1n) is 10.6. The SMILES string of the molecule is CCC(NCCc1ccccc1)c1nc2ccccc2c(=O)n1Cc1ccccc1. The van der Waals surface area contributed by atoms with Crippen LogP contribution in [0.5, 0.6) is 0 Å². The van der Waals surface area contributed by atoms with Gasteiger partial charge in [0.25, 0.3) is 5.56 Å². The Balaban J connectivity index is 1.67. The quantitative estimate of drug-likeness (QED) is 0.468. The van der Waals surface area contributed by atoms with E-state index < -0.39 is 0 Å². The molecule has 0 saturated heterocycles. The molecule has 4 heteroatoms. The highest BCUT2D eigenvalue weighted by Crippen LogP contribution is 2.18. The number of para-hydroxylation sites is 1. The molecule has 4 rings (SSSR count). The molecule has 0 saturated carbocycles. The third-order valence-corrected chi connectivity index (χ3v) is 5.44. The van der Waals surface area contributed by atoms with Gasteiger partial charge in [0.05, 0.1) is 23.5 Å². The molecule has 1 atom stereocenters. The minimum absolute atomic E-state index is 0.00901. The minimum Gasteiger partial charge on any atom is -0.307 e. The smallest absolute Gasteiger partial charge is 0.261 e. The molecule has 0 spiro atoms. The van der Waals surface area contributed by atoms with E-state index in [9.17, 15) is 4.79 Å². The van der Waals surface area contributed by atoms with Gasteiger partial charge in [0.2, 0.25) is 0 Å². The molecule has 0 amide bonds. The first-order chi connectivity index (χ1) is 14.8. The fourth-order valence-electron chi connectivity index (χ4n) is 3.82. The lowest BCUT2D eigenvalue weighted by Gasteiger charge is -2.22. The number of hydrogen-bond donors (Lipinski definition) is 1. The Morgan fingerprint density at radius 3 is 2.20 bits per heavy atom. The van der Waals surface area contributed by atoms with E-state index in [4.69, 9.17) is 4.98 Å². The molecule has 1 N–H and O–H groups in total. The number of fused-ring (bicyclic) bond motifs is 1. The van der Waals surface area contributed by atoms with Crippen LogP contribution < -0.4 is 10.9 Å². The molecule has 0 bridgehead atoms. The summed E-state index contributed by atoms with van der Waals surface area (Å²) in [4.78, 5) is 18.3. The first kappa shape index (κ1) is 20.0. The van der Waals surface area contributed by atoms with Gasteiger partial charge in [0.15, 0.2) is 0 Å². The lowest BCUT2D eigenvalue weighted by atomic mass is 10.1. The van der Waals surface area contributed by atoms with Gasteiger partial charge in [-0.3, -0.25) is 9.36 Å². The van der Waals surface area contributed by atoms with Gasteiger partial charge >= 0.3 is 0 Å². The monoisotopic (exact) mass is 397 g/mol. The van der Waals surface area contributed by atoms with Gasteiger partial charge in [-0.2, -0.15) is 0 Å². The van der Waals surface area contributed by atoms with Gasteiger partial charge in [-0.15, -0.1) is 0 Å². The number of nitrogens with zero attached hydrogens (tertiary/aromatic N) is 2. The van der Waals surface area contributed by atoms with Gasteiger partial charge in [-0.25, -0.2) is 4.98 Å². The van der Waals surface area contributed by atoms with Crippen molar-refractivity contribution in [3.05, 3.63) is 112 Å². The molecule has 0 aliphatic heterocycles. The predicted molar refractivity (Wildman–Crippen MR) is 123 cm³/mol. The summed E-state index contributed by atoms with van der Waals surface area (Å²) in [6.07, 6.45) is 1.79. The average molecular weight is 398 g/mol. The standard InChI is InChI=1S/C26H27N3O/c1-2-23(27-18-17-20-11-5-3-6-12-20)25-28-24-16-10-9-15-22(24)26(30)29(25)19-21-13-7-4-8-14-21/h3-16,23,27H,2,17-19H2,1H3. The van der Waals surface area contributed by atoms with E-state index in [2.05, 4.69) is 48.6 Å². The van der Waals surface area contributed by atoms with Gasteiger partial charge < -0.3 is 5.32 Å². The van der Waals surface area contributed by atoms with Crippen LogP contribution >= 0.6 is 0 Å². The molecule has 1 heterocycles. The van der Waals surface area contributed by atoms with Crippen molar-refractivity contribution in [2.24, 2.45) is 0 Å². The number of rotatable bonds is 8. The summed E-state index contributed by atoms with van der Waals surface area (Å²) in [6, 6.07) is 28.2. The van der Waals surface area contributed by atoms with E-state index in [-0.39, 0.29) is 11.6 Å². The summed E-state index contributed by atoms with van der Waals surface area (Å²) in [5.41, 5.74) is 3.16. The number of nitrogens with one attached hydrogen (secondary N) is 1. The number of hydrogen-bond acceptors (Lipinski definition) is 3. The maximum Gasteiger partial charge on any atom is 0.261 e. The molecule has 3 aromatic carbocycles. The second-order valence-corrected chi connectivity index (χ2v) is 7.51. The Morgan fingerprint density at radius 1 is 0.867 bits per heavy atom. The van der Waals surface area contributed by atoms with Gasteiger partial charge in [-0.05, 0) is 42.6 Å². The molecule has 152 valence electrons. The number of benzene rings is 3. The lowest BCUT2D eigenvalue weighted by Crippen LogP contribution is -2.33. The van der Waals surface area contributed by atoms with Crippen molar-refractivity contribution in [1.29, 1.82) is 0 Å². The van der Waals surface area contributed by atoms with Crippen LogP contribution in [-0.4, -0.2) is 16.1 Å². The van der Waals surface area contributed by atoms with Crippen LogP contribution in [0, 0.1) is 0 Å².